The van der Waals surface area contributed by atoms with Crippen molar-refractivity contribution in [3.8, 4) is 5.75 Å². The van der Waals surface area contributed by atoms with Crippen molar-refractivity contribution >= 4 is 21.5 Å². The van der Waals surface area contributed by atoms with Gasteiger partial charge in [-0.2, -0.15) is 0 Å². The number of hydrogen-bond acceptors (Lipinski definition) is 6. The van der Waals surface area contributed by atoms with E-state index >= 15 is 0 Å². The lowest BCUT2D eigenvalue weighted by Gasteiger charge is -2.34. The number of pyridine rings is 1. The van der Waals surface area contributed by atoms with Crippen LogP contribution in [-0.2, 0) is 10.0 Å². The average Bonchev–Trinajstić information content (AvgIpc) is 2.68. The van der Waals surface area contributed by atoms with Crippen LogP contribution in [0.4, 0.5) is 11.5 Å². The monoisotopic (exact) mass is 376 g/mol. The second kappa shape index (κ2) is 7.92. The first kappa shape index (κ1) is 18.5. The van der Waals surface area contributed by atoms with Gasteiger partial charge < -0.3 is 14.5 Å². The second-order valence-electron chi connectivity index (χ2n) is 6.11. The van der Waals surface area contributed by atoms with Gasteiger partial charge in [0, 0.05) is 26.2 Å². The van der Waals surface area contributed by atoms with Crippen LogP contribution in [0.1, 0.15) is 6.92 Å². The minimum absolute atomic E-state index is 0.179. The number of nitrogens with one attached hydrogen (secondary N) is 1. The number of methoxy groups -OCH3 is 1. The van der Waals surface area contributed by atoms with Crippen LogP contribution in [0.25, 0.3) is 0 Å². The molecular formula is C18H24N4O3S. The summed E-state index contributed by atoms with van der Waals surface area (Å²) >= 11 is 0. The Morgan fingerprint density at radius 1 is 1.08 bits per heavy atom. The Bertz CT molecular complexity index is 815. The molecule has 1 aliphatic rings. The number of anilines is 2. The highest BCUT2D eigenvalue weighted by molar-refractivity contribution is 7.92. The molecule has 7 nitrogen and oxygen atoms in total. The van der Waals surface area contributed by atoms with Crippen molar-refractivity contribution in [3.05, 3.63) is 42.6 Å². The summed E-state index contributed by atoms with van der Waals surface area (Å²) in [5, 5.41) is 0. The molecule has 3 rings (SSSR count). The third kappa shape index (κ3) is 4.25. The van der Waals surface area contributed by atoms with Crippen LogP contribution >= 0.6 is 0 Å². The molecule has 140 valence electrons. The van der Waals surface area contributed by atoms with E-state index in [0.29, 0.717) is 11.4 Å². The van der Waals surface area contributed by atoms with Gasteiger partial charge in [0.1, 0.15) is 11.6 Å². The van der Waals surface area contributed by atoms with E-state index in [0.717, 1.165) is 38.5 Å². The molecule has 0 spiro atoms. The first-order chi connectivity index (χ1) is 12.5. The zero-order valence-corrected chi connectivity index (χ0v) is 15.9. The van der Waals surface area contributed by atoms with Crippen molar-refractivity contribution in [2.75, 3.05) is 49.5 Å². The number of benzene rings is 1. The SMILES string of the molecule is CCN1CCN(c2ccc(NS(=O)(=O)c3ccc(OC)cc3)cn2)CC1. The van der Waals surface area contributed by atoms with E-state index in [2.05, 4.69) is 26.4 Å². The van der Waals surface area contributed by atoms with Gasteiger partial charge in [-0.1, -0.05) is 6.92 Å². The molecule has 1 aromatic heterocycles. The van der Waals surface area contributed by atoms with E-state index in [9.17, 15) is 8.42 Å². The molecule has 0 aliphatic carbocycles. The zero-order valence-electron chi connectivity index (χ0n) is 15.1. The fourth-order valence-electron chi connectivity index (χ4n) is 2.90. The Morgan fingerprint density at radius 3 is 2.31 bits per heavy atom. The van der Waals surface area contributed by atoms with E-state index in [-0.39, 0.29) is 4.90 Å². The van der Waals surface area contributed by atoms with E-state index in [4.69, 9.17) is 4.74 Å². The molecule has 0 unspecified atom stereocenters. The van der Waals surface area contributed by atoms with Gasteiger partial charge >= 0.3 is 0 Å². The molecule has 0 bridgehead atoms. The third-order valence-electron chi connectivity index (χ3n) is 4.51. The van der Waals surface area contributed by atoms with Crippen LogP contribution in [0.5, 0.6) is 5.75 Å². The van der Waals surface area contributed by atoms with E-state index in [1.165, 1.54) is 19.2 Å². The fourth-order valence-corrected chi connectivity index (χ4v) is 3.94. The minimum atomic E-state index is -3.65. The number of ether oxygens (including phenoxy) is 1. The van der Waals surface area contributed by atoms with Gasteiger partial charge in [-0.3, -0.25) is 4.72 Å². The predicted molar refractivity (Wildman–Crippen MR) is 102 cm³/mol. The molecule has 1 fully saturated rings. The lowest BCUT2D eigenvalue weighted by atomic mass is 10.3. The maximum Gasteiger partial charge on any atom is 0.261 e. The second-order valence-corrected chi connectivity index (χ2v) is 7.79. The van der Waals surface area contributed by atoms with Crippen LogP contribution in [0.15, 0.2) is 47.5 Å². The Labute approximate surface area is 154 Å². The number of hydrogen-bond donors (Lipinski definition) is 1. The Balaban J connectivity index is 1.66. The van der Waals surface area contributed by atoms with E-state index in [1.807, 2.05) is 6.07 Å². The summed E-state index contributed by atoms with van der Waals surface area (Å²) in [4.78, 5) is 9.21. The van der Waals surface area contributed by atoms with Gasteiger partial charge in [-0.15, -0.1) is 0 Å². The number of likely N-dealkylation sites (N-methyl/N-ethyl adjacent to an activating group) is 1. The van der Waals surface area contributed by atoms with Crippen molar-refractivity contribution in [1.29, 1.82) is 0 Å². The number of rotatable bonds is 6. The molecule has 8 heteroatoms. The lowest BCUT2D eigenvalue weighted by Crippen LogP contribution is -2.46. The molecule has 0 atom stereocenters. The molecule has 0 amide bonds. The number of piperazine rings is 1. The van der Waals surface area contributed by atoms with Crippen molar-refractivity contribution in [2.24, 2.45) is 0 Å². The van der Waals surface area contributed by atoms with Gasteiger partial charge in [0.15, 0.2) is 0 Å². The molecule has 2 heterocycles. The summed E-state index contributed by atoms with van der Waals surface area (Å²) in [6, 6.07) is 9.85. The van der Waals surface area contributed by atoms with Gasteiger partial charge in [-0.05, 0) is 42.9 Å². The molecule has 1 N–H and O–H groups in total. The molecule has 0 saturated carbocycles. The Kier molecular flexibility index (Phi) is 5.63. The highest BCUT2D eigenvalue weighted by Gasteiger charge is 2.18. The molecule has 0 radical (unpaired) electrons. The summed E-state index contributed by atoms with van der Waals surface area (Å²) < 4.78 is 32.5. The summed E-state index contributed by atoms with van der Waals surface area (Å²) in [5.41, 5.74) is 0.441. The first-order valence-corrected chi connectivity index (χ1v) is 10.1. The van der Waals surface area contributed by atoms with Crippen molar-refractivity contribution in [2.45, 2.75) is 11.8 Å². The summed E-state index contributed by atoms with van der Waals surface area (Å²) in [5.74, 6) is 1.48. The van der Waals surface area contributed by atoms with Crippen LogP contribution in [0, 0.1) is 0 Å². The summed E-state index contributed by atoms with van der Waals surface area (Å²) in [7, 11) is -2.11. The molecular weight excluding hydrogens is 352 g/mol. The molecule has 1 saturated heterocycles. The Morgan fingerprint density at radius 2 is 1.77 bits per heavy atom. The Hall–Kier alpha value is -2.32. The van der Waals surface area contributed by atoms with Crippen LogP contribution < -0.4 is 14.4 Å². The standard InChI is InChI=1S/C18H24N4O3S/c1-3-21-10-12-22(13-11-21)18-9-4-15(14-19-18)20-26(23,24)17-7-5-16(25-2)6-8-17/h4-9,14,20H,3,10-13H2,1-2H3. The summed E-state index contributed by atoms with van der Waals surface area (Å²) in [6.45, 7) is 7.12. The van der Waals surface area contributed by atoms with Crippen LogP contribution in [0.2, 0.25) is 0 Å². The van der Waals surface area contributed by atoms with Gasteiger partial charge in [-0.25, -0.2) is 13.4 Å². The van der Waals surface area contributed by atoms with Gasteiger partial charge in [0.25, 0.3) is 10.0 Å². The van der Waals surface area contributed by atoms with Gasteiger partial charge in [0.2, 0.25) is 0 Å². The fraction of sp³-hybridized carbons (Fsp3) is 0.389. The summed E-state index contributed by atoms with van der Waals surface area (Å²) in [6.07, 6.45) is 1.56. The first-order valence-electron chi connectivity index (χ1n) is 8.62. The third-order valence-corrected chi connectivity index (χ3v) is 5.91. The van der Waals surface area contributed by atoms with Crippen LogP contribution in [0.3, 0.4) is 0 Å². The highest BCUT2D eigenvalue weighted by Crippen LogP contribution is 2.21. The number of nitrogens with zero attached hydrogens (tertiary/aromatic N) is 3. The normalized spacial score (nSPS) is 15.7. The van der Waals surface area contributed by atoms with E-state index < -0.39 is 10.0 Å². The maximum atomic E-state index is 12.5. The van der Waals surface area contributed by atoms with Crippen molar-refractivity contribution in [3.63, 3.8) is 0 Å². The van der Waals surface area contributed by atoms with E-state index in [1.54, 1.807) is 24.4 Å². The van der Waals surface area contributed by atoms with Gasteiger partial charge in [0.05, 0.1) is 23.9 Å². The number of aromatic nitrogens is 1. The van der Waals surface area contributed by atoms with Crippen LogP contribution in [-0.4, -0.2) is 58.1 Å². The number of sulfonamides is 1. The molecule has 1 aliphatic heterocycles. The topological polar surface area (TPSA) is 74.8 Å². The minimum Gasteiger partial charge on any atom is -0.497 e. The molecule has 26 heavy (non-hydrogen) atoms. The molecule has 2 aromatic rings. The lowest BCUT2D eigenvalue weighted by molar-refractivity contribution is 0.270. The van der Waals surface area contributed by atoms with Crippen molar-refractivity contribution in [1.82, 2.24) is 9.88 Å². The predicted octanol–water partition coefficient (Wildman–Crippen LogP) is 2.03. The zero-order chi connectivity index (χ0) is 18.6. The molecule has 1 aromatic carbocycles. The largest absolute Gasteiger partial charge is 0.497 e. The highest BCUT2D eigenvalue weighted by atomic mass is 32.2. The van der Waals surface area contributed by atoms with Crippen molar-refractivity contribution < 1.29 is 13.2 Å². The quantitative estimate of drug-likeness (QED) is 0.832. The average molecular weight is 376 g/mol. The maximum absolute atomic E-state index is 12.5. The smallest absolute Gasteiger partial charge is 0.261 e.